The molecule has 0 spiro atoms. The lowest BCUT2D eigenvalue weighted by atomic mass is 10.1. The fourth-order valence-corrected chi connectivity index (χ4v) is 3.12. The summed E-state index contributed by atoms with van der Waals surface area (Å²) in [6.07, 6.45) is 6.76. The summed E-state index contributed by atoms with van der Waals surface area (Å²) in [4.78, 5) is 2.48. The summed E-state index contributed by atoms with van der Waals surface area (Å²) in [6, 6.07) is 1.23. The van der Waals surface area contributed by atoms with E-state index in [9.17, 15) is 0 Å². The Labute approximate surface area is 104 Å². The molecule has 0 aromatic rings. The fraction of sp³-hybridized carbons (Fsp3) is 1.00. The topological polar surface area (TPSA) is 29.3 Å². The first-order valence-electron chi connectivity index (χ1n) is 5.61. The highest BCUT2D eigenvalue weighted by atomic mass is 32.2. The molecule has 0 amide bonds. The Morgan fingerprint density at radius 2 is 1.87 bits per heavy atom. The number of hydrogen-bond acceptors (Lipinski definition) is 4. The van der Waals surface area contributed by atoms with Crippen molar-refractivity contribution in [2.75, 3.05) is 37.6 Å². The highest BCUT2D eigenvalue weighted by molar-refractivity contribution is 7.98. The second kappa shape index (κ2) is 9.82. The Morgan fingerprint density at radius 3 is 2.27 bits per heavy atom. The van der Waals surface area contributed by atoms with Gasteiger partial charge in [-0.2, -0.15) is 23.5 Å². The van der Waals surface area contributed by atoms with Crippen molar-refractivity contribution in [1.29, 1.82) is 0 Å². The van der Waals surface area contributed by atoms with Crippen LogP contribution in [0.4, 0.5) is 0 Å². The first kappa shape index (κ1) is 15.6. The van der Waals surface area contributed by atoms with Crippen LogP contribution in [0.1, 0.15) is 19.8 Å². The lowest BCUT2D eigenvalue weighted by molar-refractivity contribution is 0.183. The molecule has 0 aromatic carbocycles. The van der Waals surface area contributed by atoms with Gasteiger partial charge in [-0.1, -0.05) is 6.92 Å². The maximum Gasteiger partial charge on any atom is 0.0226 e. The second-order valence-electron chi connectivity index (χ2n) is 3.85. The monoisotopic (exact) mass is 250 g/mol. The zero-order valence-electron chi connectivity index (χ0n) is 10.5. The molecule has 0 aliphatic rings. The standard InChI is InChI=1S/C11H26N2S2/c1-5-10(9-15-4)13(2)11(8-12)6-7-14-3/h10-11H,5-9,12H2,1-4H3. The normalized spacial score (nSPS) is 15.6. The predicted molar refractivity (Wildman–Crippen MR) is 76.1 cm³/mol. The van der Waals surface area contributed by atoms with Gasteiger partial charge in [0.05, 0.1) is 0 Å². The lowest BCUT2D eigenvalue weighted by Gasteiger charge is -2.33. The molecule has 0 saturated heterocycles. The highest BCUT2D eigenvalue weighted by Gasteiger charge is 2.19. The molecule has 0 aromatic heterocycles. The molecule has 2 atom stereocenters. The first-order chi connectivity index (χ1) is 7.21. The molecule has 0 heterocycles. The summed E-state index contributed by atoms with van der Waals surface area (Å²) < 4.78 is 0. The van der Waals surface area contributed by atoms with Crippen molar-refractivity contribution in [3.05, 3.63) is 0 Å². The van der Waals surface area contributed by atoms with Crippen molar-refractivity contribution in [2.24, 2.45) is 5.73 Å². The molecule has 2 N–H and O–H groups in total. The van der Waals surface area contributed by atoms with E-state index in [4.69, 9.17) is 5.73 Å². The number of rotatable bonds is 9. The molecule has 0 aliphatic carbocycles. The van der Waals surface area contributed by atoms with Crippen LogP contribution in [0, 0.1) is 0 Å². The van der Waals surface area contributed by atoms with Gasteiger partial charge in [-0.15, -0.1) is 0 Å². The maximum atomic E-state index is 5.85. The smallest absolute Gasteiger partial charge is 0.0226 e. The summed E-state index contributed by atoms with van der Waals surface area (Å²) in [7, 11) is 2.22. The van der Waals surface area contributed by atoms with Crippen molar-refractivity contribution in [3.8, 4) is 0 Å². The zero-order valence-corrected chi connectivity index (χ0v) is 12.2. The van der Waals surface area contributed by atoms with E-state index in [2.05, 4.69) is 31.4 Å². The van der Waals surface area contributed by atoms with Gasteiger partial charge in [0, 0.05) is 24.4 Å². The molecular weight excluding hydrogens is 224 g/mol. The van der Waals surface area contributed by atoms with Gasteiger partial charge >= 0.3 is 0 Å². The average Bonchev–Trinajstić information content (AvgIpc) is 2.26. The van der Waals surface area contributed by atoms with Crippen LogP contribution in [-0.4, -0.2) is 54.6 Å². The molecule has 4 heteroatoms. The number of thioether (sulfide) groups is 2. The Hall–Kier alpha value is 0.620. The van der Waals surface area contributed by atoms with E-state index < -0.39 is 0 Å². The average molecular weight is 250 g/mol. The van der Waals surface area contributed by atoms with E-state index in [1.807, 2.05) is 23.5 Å². The van der Waals surface area contributed by atoms with Crippen molar-refractivity contribution in [2.45, 2.75) is 31.8 Å². The van der Waals surface area contributed by atoms with Gasteiger partial charge < -0.3 is 5.73 Å². The number of likely N-dealkylation sites (N-methyl/N-ethyl adjacent to an activating group) is 1. The molecule has 0 rings (SSSR count). The molecule has 0 radical (unpaired) electrons. The van der Waals surface area contributed by atoms with Crippen LogP contribution in [0.3, 0.4) is 0 Å². The molecule has 92 valence electrons. The number of nitrogens with zero attached hydrogens (tertiary/aromatic N) is 1. The van der Waals surface area contributed by atoms with Crippen LogP contribution in [-0.2, 0) is 0 Å². The fourth-order valence-electron chi connectivity index (χ4n) is 1.76. The summed E-state index contributed by atoms with van der Waals surface area (Å²) in [6.45, 7) is 3.04. The van der Waals surface area contributed by atoms with E-state index >= 15 is 0 Å². The SMILES string of the molecule is CCC(CSC)N(C)C(CN)CCSC. The molecule has 15 heavy (non-hydrogen) atoms. The van der Waals surface area contributed by atoms with Crippen LogP contribution in [0.5, 0.6) is 0 Å². The van der Waals surface area contributed by atoms with Crippen molar-refractivity contribution < 1.29 is 0 Å². The largest absolute Gasteiger partial charge is 0.329 e. The summed E-state index contributed by atoms with van der Waals surface area (Å²) in [5.74, 6) is 2.42. The van der Waals surface area contributed by atoms with Gasteiger partial charge in [0.1, 0.15) is 0 Å². The third kappa shape index (κ3) is 6.05. The van der Waals surface area contributed by atoms with Gasteiger partial charge in [0.15, 0.2) is 0 Å². The van der Waals surface area contributed by atoms with E-state index in [1.54, 1.807) is 0 Å². The predicted octanol–water partition coefficient (Wildman–Crippen LogP) is 2.14. The van der Waals surface area contributed by atoms with Crippen molar-refractivity contribution >= 4 is 23.5 Å². The molecule has 2 unspecified atom stereocenters. The number of hydrogen-bond donors (Lipinski definition) is 1. The molecule has 0 fully saturated rings. The van der Waals surface area contributed by atoms with E-state index in [0.717, 1.165) is 6.54 Å². The van der Waals surface area contributed by atoms with Crippen LogP contribution in [0.2, 0.25) is 0 Å². The minimum absolute atomic E-state index is 0.551. The lowest BCUT2D eigenvalue weighted by Crippen LogP contribution is -2.45. The molecule has 0 aliphatic heterocycles. The molecule has 0 saturated carbocycles. The third-order valence-electron chi connectivity index (χ3n) is 2.91. The van der Waals surface area contributed by atoms with Gasteiger partial charge in [0.2, 0.25) is 0 Å². The van der Waals surface area contributed by atoms with Gasteiger partial charge in [-0.3, -0.25) is 4.90 Å². The summed E-state index contributed by atoms with van der Waals surface area (Å²) in [5.41, 5.74) is 5.85. The van der Waals surface area contributed by atoms with Crippen LogP contribution < -0.4 is 5.73 Å². The Kier molecular flexibility index (Phi) is 10.2. The minimum atomic E-state index is 0.551. The summed E-state index contributed by atoms with van der Waals surface area (Å²) in [5, 5.41) is 0. The molecule has 2 nitrogen and oxygen atoms in total. The Morgan fingerprint density at radius 1 is 1.20 bits per heavy atom. The quantitative estimate of drug-likeness (QED) is 0.679. The first-order valence-corrected chi connectivity index (χ1v) is 8.39. The van der Waals surface area contributed by atoms with E-state index in [-0.39, 0.29) is 0 Å². The maximum absolute atomic E-state index is 5.85. The van der Waals surface area contributed by atoms with Crippen molar-refractivity contribution in [1.82, 2.24) is 4.90 Å². The molecule has 0 bridgehead atoms. The third-order valence-corrected chi connectivity index (χ3v) is 4.27. The van der Waals surface area contributed by atoms with Gasteiger partial charge in [-0.05, 0) is 38.2 Å². The van der Waals surface area contributed by atoms with Crippen LogP contribution in [0.25, 0.3) is 0 Å². The highest BCUT2D eigenvalue weighted by Crippen LogP contribution is 2.14. The molecular formula is C11H26N2S2. The van der Waals surface area contributed by atoms with Crippen LogP contribution >= 0.6 is 23.5 Å². The Bertz CT molecular complexity index is 145. The van der Waals surface area contributed by atoms with E-state index in [1.165, 1.54) is 24.3 Å². The van der Waals surface area contributed by atoms with Gasteiger partial charge in [0.25, 0.3) is 0 Å². The number of nitrogens with two attached hydrogens (primary N) is 1. The second-order valence-corrected chi connectivity index (χ2v) is 5.75. The minimum Gasteiger partial charge on any atom is -0.329 e. The van der Waals surface area contributed by atoms with Crippen molar-refractivity contribution in [3.63, 3.8) is 0 Å². The summed E-state index contributed by atoms with van der Waals surface area (Å²) >= 11 is 3.83. The zero-order chi connectivity index (χ0) is 11.7. The van der Waals surface area contributed by atoms with E-state index in [0.29, 0.717) is 12.1 Å². The Balaban J connectivity index is 4.13. The van der Waals surface area contributed by atoms with Gasteiger partial charge in [-0.25, -0.2) is 0 Å². The van der Waals surface area contributed by atoms with Crippen LogP contribution in [0.15, 0.2) is 0 Å².